The van der Waals surface area contributed by atoms with Crippen LogP contribution >= 0.6 is 0 Å². The van der Waals surface area contributed by atoms with Crippen molar-refractivity contribution in [3.05, 3.63) is 61.9 Å². The molecule has 2 heterocycles. The zero-order valence-corrected chi connectivity index (χ0v) is 17.9. The fraction of sp³-hybridized carbons (Fsp3) is 0.300. The van der Waals surface area contributed by atoms with E-state index in [1.54, 1.807) is 6.92 Å². The highest BCUT2D eigenvalue weighted by molar-refractivity contribution is 6.83. The lowest BCUT2D eigenvalue weighted by molar-refractivity contribution is -0.144. The molecule has 1 aromatic carbocycles. The molecule has 0 aliphatic carbocycles. The zero-order valence-electron chi connectivity index (χ0n) is 16.9. The third kappa shape index (κ3) is 3.85. The van der Waals surface area contributed by atoms with E-state index in [0.29, 0.717) is 10.3 Å². The molecule has 0 saturated carbocycles. The minimum atomic E-state index is -4.91. The van der Waals surface area contributed by atoms with E-state index in [2.05, 4.69) is 11.5 Å². The molecule has 5 nitrogen and oxygen atoms in total. The van der Waals surface area contributed by atoms with Gasteiger partial charge in [-0.05, 0) is 19.1 Å². The molecule has 0 amide bonds. The van der Waals surface area contributed by atoms with Crippen molar-refractivity contribution in [1.82, 2.24) is 9.13 Å². The van der Waals surface area contributed by atoms with E-state index in [0.717, 1.165) is 13.1 Å². The van der Waals surface area contributed by atoms with E-state index in [1.165, 1.54) is 6.07 Å². The van der Waals surface area contributed by atoms with Gasteiger partial charge < -0.3 is 4.42 Å². The first-order chi connectivity index (χ1) is 13.7. The first-order valence-corrected chi connectivity index (χ1v) is 12.4. The summed E-state index contributed by atoms with van der Waals surface area (Å²) in [6, 6.07) is 2.70. The number of halogens is 4. The van der Waals surface area contributed by atoms with E-state index in [4.69, 9.17) is 4.42 Å². The fourth-order valence-electron chi connectivity index (χ4n) is 2.96. The normalized spacial score (nSPS) is 12.2. The zero-order chi connectivity index (χ0) is 22.6. The van der Waals surface area contributed by atoms with Crippen LogP contribution < -0.4 is 11.2 Å². The summed E-state index contributed by atoms with van der Waals surface area (Å²) in [5, 5.41) is 0.0753. The van der Waals surface area contributed by atoms with Crippen molar-refractivity contribution in [3.8, 4) is 17.2 Å². The predicted molar refractivity (Wildman–Crippen MR) is 107 cm³/mol. The summed E-state index contributed by atoms with van der Waals surface area (Å²) in [4.78, 5) is 25.0. The van der Waals surface area contributed by atoms with E-state index in [9.17, 15) is 22.8 Å². The monoisotopic (exact) mass is 438 g/mol. The smallest absolute Gasteiger partial charge is 0.431 e. The summed E-state index contributed by atoms with van der Waals surface area (Å²) in [6.45, 7) is 7.59. The Kier molecular flexibility index (Phi) is 5.06. The molecule has 0 fully saturated rings. The van der Waals surface area contributed by atoms with Gasteiger partial charge in [0.05, 0.1) is 5.56 Å². The highest BCUT2D eigenvalue weighted by Gasteiger charge is 2.35. The van der Waals surface area contributed by atoms with Gasteiger partial charge in [-0.1, -0.05) is 25.6 Å². The Morgan fingerprint density at radius 3 is 2.30 bits per heavy atom. The van der Waals surface area contributed by atoms with Gasteiger partial charge in [-0.3, -0.25) is 9.36 Å². The number of aromatic nitrogens is 2. The molecular formula is C20H18F4N2O3Si. The maximum atomic E-state index is 15.1. The SMILES string of the molecule is Cc1cc2c(-n3c(=O)cc(C(F)(F)F)n(C)c3=O)c(F)cc(C#C[Si](C)(C)C)c2o1. The maximum Gasteiger partial charge on any atom is 0.431 e. The molecule has 0 aliphatic rings. The largest absolute Gasteiger partial charge is 0.460 e. The first-order valence-electron chi connectivity index (χ1n) is 8.87. The van der Waals surface area contributed by atoms with Crippen LogP contribution in [0.5, 0.6) is 0 Å². The number of benzene rings is 1. The molecule has 0 spiro atoms. The standard InChI is InChI=1S/C20H18F4N2O3Si/c1-11-8-13-17(14(21)9-12(18(13)29-11)6-7-30(3,4)5)26-16(27)10-15(20(22,23)24)25(2)19(26)28/h8-10H,1-5H3. The molecule has 2 aromatic heterocycles. The van der Waals surface area contributed by atoms with Crippen molar-refractivity contribution >= 4 is 19.0 Å². The number of aryl methyl sites for hydroxylation is 1. The highest BCUT2D eigenvalue weighted by atomic mass is 28.3. The van der Waals surface area contributed by atoms with Crippen molar-refractivity contribution in [2.75, 3.05) is 0 Å². The molecule has 3 aromatic rings. The second kappa shape index (κ2) is 7.02. The molecule has 3 rings (SSSR count). The van der Waals surface area contributed by atoms with Crippen LogP contribution in [0.4, 0.5) is 17.6 Å². The fourth-order valence-corrected chi connectivity index (χ4v) is 3.47. The number of alkyl halides is 3. The molecular weight excluding hydrogens is 420 g/mol. The average Bonchev–Trinajstić information content (AvgIpc) is 2.98. The van der Waals surface area contributed by atoms with Gasteiger partial charge in [0.15, 0.2) is 5.58 Å². The molecule has 0 N–H and O–H groups in total. The quantitative estimate of drug-likeness (QED) is 0.328. The van der Waals surface area contributed by atoms with Crippen molar-refractivity contribution in [2.45, 2.75) is 32.7 Å². The summed E-state index contributed by atoms with van der Waals surface area (Å²) in [7, 11) is -0.940. The second-order valence-electron chi connectivity index (χ2n) is 7.90. The third-order valence-corrected chi connectivity index (χ3v) is 5.13. The van der Waals surface area contributed by atoms with Gasteiger partial charge in [0.25, 0.3) is 5.56 Å². The predicted octanol–water partition coefficient (Wildman–Crippen LogP) is 3.98. The van der Waals surface area contributed by atoms with Gasteiger partial charge in [0, 0.05) is 18.5 Å². The van der Waals surface area contributed by atoms with E-state index in [-0.39, 0.29) is 27.2 Å². The van der Waals surface area contributed by atoms with Crippen LogP contribution in [0.1, 0.15) is 17.0 Å². The van der Waals surface area contributed by atoms with Crippen LogP contribution in [0.2, 0.25) is 19.6 Å². The minimum Gasteiger partial charge on any atom is -0.460 e. The van der Waals surface area contributed by atoms with E-state index >= 15 is 4.39 Å². The summed E-state index contributed by atoms with van der Waals surface area (Å²) in [5.74, 6) is 2.28. The van der Waals surface area contributed by atoms with E-state index < -0.39 is 42.7 Å². The van der Waals surface area contributed by atoms with Crippen molar-refractivity contribution in [2.24, 2.45) is 7.05 Å². The lowest BCUT2D eigenvalue weighted by atomic mass is 10.1. The molecule has 0 atom stereocenters. The number of rotatable bonds is 1. The Hall–Kier alpha value is -3.06. The summed E-state index contributed by atoms with van der Waals surface area (Å²) in [6.07, 6.45) is -4.91. The lowest BCUT2D eigenvalue weighted by Gasteiger charge is -2.15. The average molecular weight is 438 g/mol. The summed E-state index contributed by atoms with van der Waals surface area (Å²) >= 11 is 0. The Bertz CT molecular complexity index is 1350. The van der Waals surface area contributed by atoms with Gasteiger partial charge >= 0.3 is 11.9 Å². The van der Waals surface area contributed by atoms with Crippen LogP contribution in [0.25, 0.3) is 16.7 Å². The number of nitrogens with zero attached hydrogens (tertiary/aromatic N) is 2. The van der Waals surface area contributed by atoms with Gasteiger partial charge in [0.2, 0.25) is 0 Å². The van der Waals surface area contributed by atoms with Crippen LogP contribution in [0, 0.1) is 24.2 Å². The van der Waals surface area contributed by atoms with Crippen molar-refractivity contribution in [1.29, 1.82) is 0 Å². The van der Waals surface area contributed by atoms with Gasteiger partial charge in [-0.2, -0.15) is 13.2 Å². The number of furan rings is 1. The van der Waals surface area contributed by atoms with Crippen LogP contribution in [0.15, 0.2) is 32.2 Å². The van der Waals surface area contributed by atoms with Crippen molar-refractivity contribution in [3.63, 3.8) is 0 Å². The highest BCUT2D eigenvalue weighted by Crippen LogP contribution is 2.31. The molecule has 0 saturated heterocycles. The topological polar surface area (TPSA) is 57.1 Å². The Morgan fingerprint density at radius 2 is 1.73 bits per heavy atom. The van der Waals surface area contributed by atoms with Gasteiger partial charge in [-0.25, -0.2) is 13.8 Å². The Morgan fingerprint density at radius 1 is 1.10 bits per heavy atom. The molecule has 0 radical (unpaired) electrons. The molecule has 0 bridgehead atoms. The number of hydrogen-bond acceptors (Lipinski definition) is 3. The minimum absolute atomic E-state index is 0.0753. The summed E-state index contributed by atoms with van der Waals surface area (Å²) < 4.78 is 60.7. The third-order valence-electron chi connectivity index (χ3n) is 4.26. The molecule has 0 unspecified atom stereocenters. The Balaban J connectivity index is 2.41. The lowest BCUT2D eigenvalue weighted by Crippen LogP contribution is -2.41. The number of hydrogen-bond donors (Lipinski definition) is 0. The maximum absolute atomic E-state index is 15.1. The van der Waals surface area contributed by atoms with E-state index in [1.807, 2.05) is 19.6 Å². The first kappa shape index (κ1) is 21.6. The molecule has 158 valence electrons. The van der Waals surface area contributed by atoms with Gasteiger partial charge in [-0.15, -0.1) is 5.54 Å². The van der Waals surface area contributed by atoms with Crippen LogP contribution in [-0.2, 0) is 13.2 Å². The molecule has 10 heteroatoms. The second-order valence-corrected chi connectivity index (χ2v) is 12.6. The molecule has 30 heavy (non-hydrogen) atoms. The number of fused-ring (bicyclic) bond motifs is 1. The Labute approximate surface area is 169 Å². The van der Waals surface area contributed by atoms with Crippen LogP contribution in [0.3, 0.4) is 0 Å². The van der Waals surface area contributed by atoms with Gasteiger partial charge in [0.1, 0.15) is 31.0 Å². The summed E-state index contributed by atoms with van der Waals surface area (Å²) in [5.41, 5.74) is -1.05. The van der Waals surface area contributed by atoms with Crippen LogP contribution in [-0.4, -0.2) is 17.2 Å². The van der Waals surface area contributed by atoms with Crippen molar-refractivity contribution < 1.29 is 22.0 Å². The molecule has 0 aliphatic heterocycles.